The van der Waals surface area contributed by atoms with Gasteiger partial charge < -0.3 is 15.1 Å². The summed E-state index contributed by atoms with van der Waals surface area (Å²) in [5.74, 6) is 0.247. The molecule has 1 aromatic carbocycles. The van der Waals surface area contributed by atoms with Crippen LogP contribution in [-0.2, 0) is 11.3 Å². The van der Waals surface area contributed by atoms with Gasteiger partial charge >= 0.3 is 0 Å². The van der Waals surface area contributed by atoms with Crippen LogP contribution >= 0.6 is 0 Å². The van der Waals surface area contributed by atoms with E-state index in [9.17, 15) is 10.2 Å². The largest absolute Gasteiger partial charge is 0.504 e. The zero-order chi connectivity index (χ0) is 13.4. The summed E-state index contributed by atoms with van der Waals surface area (Å²) in [6, 6.07) is 3.02. The molecule has 1 rings (SSSR count). The molecule has 1 aromatic rings. The summed E-state index contributed by atoms with van der Waals surface area (Å²) in [4.78, 5) is 10.3. The third-order valence-corrected chi connectivity index (χ3v) is 2.73. The van der Waals surface area contributed by atoms with E-state index in [1.807, 2.05) is 0 Å². The third kappa shape index (κ3) is 4.11. The fourth-order valence-electron chi connectivity index (χ4n) is 1.59. The number of rotatable bonds is 8. The molecule has 0 atom stereocenters. The molecule has 4 nitrogen and oxygen atoms in total. The van der Waals surface area contributed by atoms with Crippen molar-refractivity contribution in [3.63, 3.8) is 0 Å². The van der Waals surface area contributed by atoms with Crippen molar-refractivity contribution < 1.29 is 20.0 Å². The summed E-state index contributed by atoms with van der Waals surface area (Å²) in [7, 11) is 0. The zero-order valence-electron chi connectivity index (χ0n) is 11.1. The van der Waals surface area contributed by atoms with Crippen LogP contribution in [0.25, 0.3) is 0 Å². The summed E-state index contributed by atoms with van der Waals surface area (Å²) in [6.45, 7) is 4.66. The van der Waals surface area contributed by atoms with Gasteiger partial charge in [-0.25, -0.2) is 0 Å². The number of hydrogen-bond acceptors (Lipinski definition) is 4. The Bertz CT molecular complexity index is 363. The molecule has 0 heterocycles. The minimum Gasteiger partial charge on any atom is -0.504 e. The smallest absolute Gasteiger partial charge is 0.172 e. The predicted octanol–water partition coefficient (Wildman–Crippen LogP) is 3.55. The third-order valence-electron chi connectivity index (χ3n) is 2.73. The van der Waals surface area contributed by atoms with Crippen LogP contribution < -0.4 is 4.89 Å². The van der Waals surface area contributed by atoms with E-state index < -0.39 is 0 Å². The van der Waals surface area contributed by atoms with E-state index in [4.69, 9.17) is 9.78 Å². The van der Waals surface area contributed by atoms with E-state index in [1.165, 1.54) is 6.07 Å². The lowest BCUT2D eigenvalue weighted by molar-refractivity contribution is -0.207. The van der Waals surface area contributed by atoms with Crippen LogP contribution in [0, 0.1) is 0 Å². The molecular weight excluding hydrogens is 232 g/mol. The highest BCUT2D eigenvalue weighted by atomic mass is 17.2. The minimum absolute atomic E-state index is 0.111. The van der Waals surface area contributed by atoms with Gasteiger partial charge in [0.05, 0.1) is 6.61 Å². The maximum Gasteiger partial charge on any atom is 0.172 e. The van der Waals surface area contributed by atoms with Gasteiger partial charge in [-0.3, -0.25) is 0 Å². The Hall–Kier alpha value is -1.42. The second-order valence-corrected chi connectivity index (χ2v) is 4.27. The first-order chi connectivity index (χ1) is 8.70. The molecule has 2 N–H and O–H groups in total. The lowest BCUT2D eigenvalue weighted by atomic mass is 10.1. The van der Waals surface area contributed by atoms with Crippen LogP contribution in [0.3, 0.4) is 0 Å². The molecule has 0 spiro atoms. The quantitative estimate of drug-likeness (QED) is 0.322. The van der Waals surface area contributed by atoms with Crippen molar-refractivity contribution in [1.82, 2.24) is 0 Å². The van der Waals surface area contributed by atoms with Gasteiger partial charge in [-0.15, -0.1) is 0 Å². The Balaban J connectivity index is 2.72. The molecule has 0 radical (unpaired) electrons. The average molecular weight is 254 g/mol. The number of phenols is 2. The number of phenolic OH excluding ortho intramolecular Hbond substituents is 2. The number of aromatic hydroxyl groups is 2. The van der Waals surface area contributed by atoms with Crippen molar-refractivity contribution in [3.05, 3.63) is 17.7 Å². The molecular formula is C14H22O4. The molecule has 0 aliphatic carbocycles. The average Bonchev–Trinajstić information content (AvgIpc) is 2.38. The molecule has 0 aliphatic heterocycles. The Kier molecular flexibility index (Phi) is 6.36. The molecule has 0 aromatic heterocycles. The van der Waals surface area contributed by atoms with Gasteiger partial charge in [0.2, 0.25) is 0 Å². The van der Waals surface area contributed by atoms with Crippen molar-refractivity contribution in [2.75, 3.05) is 6.61 Å². The Morgan fingerprint density at radius 1 is 1.06 bits per heavy atom. The molecule has 0 fully saturated rings. The van der Waals surface area contributed by atoms with Crippen LogP contribution in [0.2, 0.25) is 0 Å². The molecule has 0 amide bonds. The second-order valence-electron chi connectivity index (χ2n) is 4.27. The van der Waals surface area contributed by atoms with Gasteiger partial charge in [-0.2, -0.15) is 4.89 Å². The number of hydrogen-bond donors (Lipinski definition) is 2. The fraction of sp³-hybridized carbons (Fsp3) is 0.571. The summed E-state index contributed by atoms with van der Waals surface area (Å²) in [5, 5.41) is 19.3. The summed E-state index contributed by atoms with van der Waals surface area (Å²) in [6.07, 6.45) is 4.54. The van der Waals surface area contributed by atoms with Crippen LogP contribution in [0.1, 0.15) is 45.1 Å². The van der Waals surface area contributed by atoms with Crippen LogP contribution in [0.4, 0.5) is 0 Å². The van der Waals surface area contributed by atoms with Crippen molar-refractivity contribution in [2.24, 2.45) is 0 Å². The van der Waals surface area contributed by atoms with Crippen molar-refractivity contribution in [3.8, 4) is 17.2 Å². The van der Waals surface area contributed by atoms with Gasteiger partial charge in [0.15, 0.2) is 17.2 Å². The Morgan fingerprint density at radius 3 is 2.44 bits per heavy atom. The van der Waals surface area contributed by atoms with Gasteiger partial charge in [-0.05, 0) is 31.4 Å². The fourth-order valence-corrected chi connectivity index (χ4v) is 1.59. The summed E-state index contributed by atoms with van der Waals surface area (Å²) >= 11 is 0. The minimum atomic E-state index is -0.123. The molecule has 18 heavy (non-hydrogen) atoms. The van der Waals surface area contributed by atoms with Gasteiger partial charge in [0.25, 0.3) is 0 Å². The maximum atomic E-state index is 9.82. The first-order valence-electron chi connectivity index (χ1n) is 6.54. The number of benzene rings is 1. The molecule has 4 heteroatoms. The van der Waals surface area contributed by atoms with Crippen LogP contribution in [0.5, 0.6) is 17.2 Å². The molecule has 0 saturated carbocycles. The number of unbranched alkanes of at least 4 members (excludes halogenated alkanes) is 2. The first kappa shape index (κ1) is 14.6. The van der Waals surface area contributed by atoms with E-state index >= 15 is 0 Å². The highest BCUT2D eigenvalue weighted by Crippen LogP contribution is 2.36. The lowest BCUT2D eigenvalue weighted by Gasteiger charge is -2.12. The van der Waals surface area contributed by atoms with Gasteiger partial charge in [0.1, 0.15) is 0 Å². The van der Waals surface area contributed by atoms with Crippen LogP contribution in [0.15, 0.2) is 12.1 Å². The Labute approximate surface area is 108 Å². The van der Waals surface area contributed by atoms with E-state index in [-0.39, 0.29) is 11.5 Å². The lowest BCUT2D eigenvalue weighted by Crippen LogP contribution is -2.02. The standard InChI is InChI=1S/C14H22O4/c1-3-5-7-11-13(18-17-10-6-4-2)9-8-12(15)14(11)16/h8-9,15-16H,3-7,10H2,1-2H3. The molecule has 0 aliphatic rings. The molecule has 102 valence electrons. The molecule has 0 saturated heterocycles. The van der Waals surface area contributed by atoms with Crippen molar-refractivity contribution in [2.45, 2.75) is 46.0 Å². The SMILES string of the molecule is CCCCOOc1ccc(O)c(O)c1CCCC. The first-order valence-corrected chi connectivity index (χ1v) is 6.54. The zero-order valence-corrected chi connectivity index (χ0v) is 11.1. The normalized spacial score (nSPS) is 10.6. The summed E-state index contributed by atoms with van der Waals surface area (Å²) < 4.78 is 0. The predicted molar refractivity (Wildman–Crippen MR) is 69.9 cm³/mol. The summed E-state index contributed by atoms with van der Waals surface area (Å²) in [5.41, 5.74) is 0.605. The highest BCUT2D eigenvalue weighted by molar-refractivity contribution is 5.52. The van der Waals surface area contributed by atoms with Crippen molar-refractivity contribution >= 4 is 0 Å². The van der Waals surface area contributed by atoms with E-state index in [0.717, 1.165) is 25.7 Å². The van der Waals surface area contributed by atoms with Crippen LogP contribution in [-0.4, -0.2) is 16.8 Å². The van der Waals surface area contributed by atoms with E-state index in [1.54, 1.807) is 6.07 Å². The molecule has 0 bridgehead atoms. The van der Waals surface area contributed by atoms with E-state index in [0.29, 0.717) is 24.3 Å². The topological polar surface area (TPSA) is 58.9 Å². The van der Waals surface area contributed by atoms with Crippen molar-refractivity contribution in [1.29, 1.82) is 0 Å². The maximum absolute atomic E-state index is 9.82. The van der Waals surface area contributed by atoms with Gasteiger partial charge in [0, 0.05) is 5.56 Å². The van der Waals surface area contributed by atoms with Gasteiger partial charge in [-0.1, -0.05) is 26.7 Å². The monoisotopic (exact) mass is 254 g/mol. The van der Waals surface area contributed by atoms with E-state index in [2.05, 4.69) is 13.8 Å². The molecule has 0 unspecified atom stereocenters. The second kappa shape index (κ2) is 7.82. The highest BCUT2D eigenvalue weighted by Gasteiger charge is 2.13. The Morgan fingerprint density at radius 2 is 1.78 bits per heavy atom.